The summed E-state index contributed by atoms with van der Waals surface area (Å²) in [6, 6.07) is 11.5. The summed E-state index contributed by atoms with van der Waals surface area (Å²) in [6.45, 7) is 5.17. The van der Waals surface area contributed by atoms with Crippen molar-refractivity contribution in [2.45, 2.75) is 25.2 Å². The van der Waals surface area contributed by atoms with Gasteiger partial charge >= 0.3 is 0 Å². The molecule has 7 nitrogen and oxygen atoms in total. The molecule has 1 aromatic heterocycles. The minimum absolute atomic E-state index is 0.194. The van der Waals surface area contributed by atoms with Crippen LogP contribution in [0.2, 0.25) is 5.02 Å². The van der Waals surface area contributed by atoms with E-state index in [1.54, 1.807) is 10.4 Å². The molecule has 0 radical (unpaired) electrons. The summed E-state index contributed by atoms with van der Waals surface area (Å²) in [5, 5.41) is 1.05. The van der Waals surface area contributed by atoms with E-state index < -0.39 is 15.9 Å². The quantitative estimate of drug-likeness (QED) is 0.531. The van der Waals surface area contributed by atoms with Crippen LogP contribution in [0.15, 0.2) is 47.4 Å². The Morgan fingerprint density at radius 2 is 1.81 bits per heavy atom. The number of thiazole rings is 1. The molecule has 0 unspecified atom stereocenters. The molecule has 0 bridgehead atoms. The van der Waals surface area contributed by atoms with Gasteiger partial charge in [-0.15, -0.1) is 0 Å². The van der Waals surface area contributed by atoms with Crippen LogP contribution in [0.3, 0.4) is 0 Å². The maximum atomic E-state index is 13.0. The first-order chi connectivity index (χ1) is 14.7. The molecule has 2 N–H and O–H groups in total. The zero-order valence-electron chi connectivity index (χ0n) is 17.1. The molecular formula is C21H23ClN4O3S2. The Kier molecular flexibility index (Phi) is 6.20. The molecular weight excluding hydrogens is 456 g/mol. The number of fused-ring (bicyclic) bond motifs is 1. The number of anilines is 1. The van der Waals surface area contributed by atoms with Crippen LogP contribution in [-0.4, -0.2) is 36.7 Å². The lowest BCUT2D eigenvalue weighted by Crippen LogP contribution is -2.42. The number of para-hydroxylation sites is 1. The monoisotopic (exact) mass is 478 g/mol. The zero-order chi connectivity index (χ0) is 22.2. The standard InChI is InChI=1S/C21H23ClN4O3S2/c1-13-10-14(2)12-26(11-13)31(28,29)16-8-6-15(7-9-16)20(27)24-25-21-23-19-17(22)4-3-5-18(19)30-21/h3-9,13-14H,10-12H2,1-2H3,(H,23,25)(H,24,27)/t13-,14-/m0/s1. The second kappa shape index (κ2) is 8.74. The van der Waals surface area contributed by atoms with Gasteiger partial charge in [-0.2, -0.15) is 4.31 Å². The lowest BCUT2D eigenvalue weighted by Gasteiger charge is -2.34. The molecule has 1 aliphatic heterocycles. The lowest BCUT2D eigenvalue weighted by molar-refractivity contribution is 0.0962. The van der Waals surface area contributed by atoms with E-state index >= 15 is 0 Å². The lowest BCUT2D eigenvalue weighted by atomic mass is 9.94. The van der Waals surface area contributed by atoms with Crippen LogP contribution >= 0.6 is 22.9 Å². The highest BCUT2D eigenvalue weighted by Gasteiger charge is 2.31. The van der Waals surface area contributed by atoms with Crippen LogP contribution in [-0.2, 0) is 10.0 Å². The van der Waals surface area contributed by atoms with E-state index in [0.717, 1.165) is 11.1 Å². The van der Waals surface area contributed by atoms with Crippen molar-refractivity contribution in [1.82, 2.24) is 14.7 Å². The molecule has 10 heteroatoms. The van der Waals surface area contributed by atoms with Crippen molar-refractivity contribution in [2.24, 2.45) is 11.8 Å². The molecule has 2 aromatic carbocycles. The van der Waals surface area contributed by atoms with Gasteiger partial charge in [-0.3, -0.25) is 15.6 Å². The smallest absolute Gasteiger partial charge is 0.269 e. The molecule has 3 aromatic rings. The van der Waals surface area contributed by atoms with E-state index in [9.17, 15) is 13.2 Å². The van der Waals surface area contributed by atoms with E-state index in [4.69, 9.17) is 11.6 Å². The van der Waals surface area contributed by atoms with E-state index in [0.29, 0.717) is 46.2 Å². The number of carbonyl (C=O) groups excluding carboxylic acids is 1. The number of nitrogens with zero attached hydrogens (tertiary/aromatic N) is 2. The number of hydrogen-bond donors (Lipinski definition) is 2. The van der Waals surface area contributed by atoms with E-state index in [1.165, 1.54) is 35.6 Å². The number of piperidine rings is 1. The molecule has 0 aliphatic carbocycles. The fourth-order valence-corrected chi connectivity index (χ4v) is 6.68. The zero-order valence-corrected chi connectivity index (χ0v) is 19.5. The molecule has 164 valence electrons. The minimum atomic E-state index is -3.58. The van der Waals surface area contributed by atoms with Crippen molar-refractivity contribution in [3.63, 3.8) is 0 Å². The van der Waals surface area contributed by atoms with Crippen molar-refractivity contribution in [3.05, 3.63) is 53.1 Å². The van der Waals surface area contributed by atoms with Gasteiger partial charge in [-0.05, 0) is 54.7 Å². The first-order valence-electron chi connectivity index (χ1n) is 9.95. The van der Waals surface area contributed by atoms with Gasteiger partial charge in [-0.1, -0.05) is 42.9 Å². The van der Waals surface area contributed by atoms with Crippen LogP contribution in [0.1, 0.15) is 30.6 Å². The third-order valence-corrected chi connectivity index (χ3v) is 8.33. The fourth-order valence-electron chi connectivity index (χ4n) is 3.88. The third kappa shape index (κ3) is 4.69. The van der Waals surface area contributed by atoms with Crippen LogP contribution in [0, 0.1) is 11.8 Å². The van der Waals surface area contributed by atoms with Crippen LogP contribution < -0.4 is 10.9 Å². The average molecular weight is 479 g/mol. The number of rotatable bonds is 5. The molecule has 2 heterocycles. The number of hydrazine groups is 1. The Morgan fingerprint density at radius 1 is 1.13 bits per heavy atom. The number of benzene rings is 2. The average Bonchev–Trinajstić information content (AvgIpc) is 3.16. The van der Waals surface area contributed by atoms with E-state index in [2.05, 4.69) is 29.7 Å². The predicted molar refractivity (Wildman–Crippen MR) is 124 cm³/mol. The highest BCUT2D eigenvalue weighted by atomic mass is 35.5. The second-order valence-corrected chi connectivity index (χ2v) is 11.4. The molecule has 1 amide bonds. The largest absolute Gasteiger partial charge is 0.273 e. The Balaban J connectivity index is 1.43. The Bertz CT molecular complexity index is 1200. The topological polar surface area (TPSA) is 91.4 Å². The van der Waals surface area contributed by atoms with Crippen molar-refractivity contribution >= 4 is 54.2 Å². The third-order valence-electron chi connectivity index (χ3n) is 5.24. The number of amides is 1. The molecule has 4 rings (SSSR count). The summed E-state index contributed by atoms with van der Waals surface area (Å²) in [4.78, 5) is 17.0. The molecule has 0 spiro atoms. The molecule has 1 saturated heterocycles. The SMILES string of the molecule is C[C@H]1C[C@H](C)CN(S(=O)(=O)c2ccc(C(=O)NNc3nc4c(Cl)cccc4s3)cc2)C1. The molecule has 2 atom stereocenters. The summed E-state index contributed by atoms with van der Waals surface area (Å²) >= 11 is 7.49. The van der Waals surface area contributed by atoms with Gasteiger partial charge < -0.3 is 0 Å². The fraction of sp³-hybridized carbons (Fsp3) is 0.333. The van der Waals surface area contributed by atoms with Crippen molar-refractivity contribution in [1.29, 1.82) is 0 Å². The van der Waals surface area contributed by atoms with Crippen LogP contribution in [0.4, 0.5) is 5.13 Å². The molecule has 1 aliphatic rings. The second-order valence-electron chi connectivity index (χ2n) is 7.98. The highest BCUT2D eigenvalue weighted by molar-refractivity contribution is 7.89. The van der Waals surface area contributed by atoms with Gasteiger partial charge in [0.1, 0.15) is 5.52 Å². The predicted octanol–water partition coefficient (Wildman–Crippen LogP) is 4.37. The maximum Gasteiger partial charge on any atom is 0.269 e. The summed E-state index contributed by atoms with van der Waals surface area (Å²) < 4.78 is 28.4. The van der Waals surface area contributed by atoms with Gasteiger partial charge in [0.2, 0.25) is 15.2 Å². The molecule has 1 fully saturated rings. The van der Waals surface area contributed by atoms with Crippen LogP contribution in [0.5, 0.6) is 0 Å². The number of aromatic nitrogens is 1. The molecule has 31 heavy (non-hydrogen) atoms. The summed E-state index contributed by atoms with van der Waals surface area (Å²) in [7, 11) is -3.58. The van der Waals surface area contributed by atoms with Gasteiger partial charge in [0, 0.05) is 18.7 Å². The van der Waals surface area contributed by atoms with E-state index in [1.807, 2.05) is 12.1 Å². The van der Waals surface area contributed by atoms with Gasteiger partial charge in [0.05, 0.1) is 14.6 Å². The number of hydrogen-bond acceptors (Lipinski definition) is 6. The Labute approximate surface area is 190 Å². The molecule has 0 saturated carbocycles. The Morgan fingerprint density at radius 3 is 2.45 bits per heavy atom. The normalized spacial score (nSPS) is 20.0. The van der Waals surface area contributed by atoms with Crippen LogP contribution in [0.25, 0.3) is 10.2 Å². The van der Waals surface area contributed by atoms with Gasteiger partial charge in [0.15, 0.2) is 0 Å². The van der Waals surface area contributed by atoms with Crippen molar-refractivity contribution in [2.75, 3.05) is 18.5 Å². The summed E-state index contributed by atoms with van der Waals surface area (Å²) in [5.41, 5.74) is 6.38. The number of carbonyl (C=O) groups is 1. The highest BCUT2D eigenvalue weighted by Crippen LogP contribution is 2.30. The van der Waals surface area contributed by atoms with Crippen molar-refractivity contribution in [3.8, 4) is 0 Å². The van der Waals surface area contributed by atoms with Gasteiger partial charge in [0.25, 0.3) is 5.91 Å². The van der Waals surface area contributed by atoms with E-state index in [-0.39, 0.29) is 4.90 Å². The summed E-state index contributed by atoms with van der Waals surface area (Å²) in [6.07, 6.45) is 1.03. The first-order valence-corrected chi connectivity index (χ1v) is 12.6. The number of sulfonamides is 1. The first kappa shape index (κ1) is 22.0. The van der Waals surface area contributed by atoms with Crippen molar-refractivity contribution < 1.29 is 13.2 Å². The number of halogens is 1. The summed E-state index contributed by atoms with van der Waals surface area (Å²) in [5.74, 6) is 0.258. The number of nitrogens with one attached hydrogen (secondary N) is 2. The van der Waals surface area contributed by atoms with Gasteiger partial charge in [-0.25, -0.2) is 13.4 Å². The maximum absolute atomic E-state index is 13.0. The minimum Gasteiger partial charge on any atom is -0.273 e. The Hall–Kier alpha value is -2.20.